The van der Waals surface area contributed by atoms with Crippen LogP contribution in [0.4, 0.5) is 5.69 Å². The number of carbonyl (C=O) groups is 2. The molecule has 0 aliphatic heterocycles. The summed E-state index contributed by atoms with van der Waals surface area (Å²) in [6.45, 7) is 2.63. The molecule has 28 heavy (non-hydrogen) atoms. The second-order valence-corrected chi connectivity index (χ2v) is 6.68. The Hall–Kier alpha value is -2.80. The molecule has 0 aliphatic carbocycles. The maximum Gasteiger partial charge on any atom is 0.340 e. The first-order chi connectivity index (χ1) is 13.5. The van der Waals surface area contributed by atoms with Crippen LogP contribution >= 0.6 is 15.9 Å². The van der Waals surface area contributed by atoms with Gasteiger partial charge in [-0.25, -0.2) is 4.79 Å². The van der Waals surface area contributed by atoms with E-state index in [9.17, 15) is 9.59 Å². The molecule has 1 N–H and O–H groups in total. The maximum absolute atomic E-state index is 12.3. The molecular formula is C21H22BrNO5. The first-order valence-electron chi connectivity index (χ1n) is 8.66. The van der Waals surface area contributed by atoms with Crippen LogP contribution in [0.25, 0.3) is 6.08 Å². The largest absolute Gasteiger partial charge is 0.493 e. The van der Waals surface area contributed by atoms with Gasteiger partial charge in [0.25, 0.3) is 0 Å². The van der Waals surface area contributed by atoms with E-state index in [2.05, 4.69) is 21.2 Å². The van der Waals surface area contributed by atoms with Crippen LogP contribution in [0.1, 0.15) is 29.3 Å². The van der Waals surface area contributed by atoms with Crippen molar-refractivity contribution in [2.24, 2.45) is 0 Å². The number of ether oxygens (including phenoxy) is 3. The molecule has 0 saturated heterocycles. The van der Waals surface area contributed by atoms with Crippen molar-refractivity contribution in [3.8, 4) is 11.5 Å². The fourth-order valence-corrected chi connectivity index (χ4v) is 2.73. The summed E-state index contributed by atoms with van der Waals surface area (Å²) in [6.07, 6.45) is 3.93. The van der Waals surface area contributed by atoms with E-state index in [1.807, 2.05) is 13.0 Å². The van der Waals surface area contributed by atoms with Crippen molar-refractivity contribution >= 4 is 39.6 Å². The number of halogens is 1. The summed E-state index contributed by atoms with van der Waals surface area (Å²) >= 11 is 3.30. The zero-order valence-corrected chi connectivity index (χ0v) is 17.5. The fourth-order valence-electron chi connectivity index (χ4n) is 2.37. The highest BCUT2D eigenvalue weighted by Crippen LogP contribution is 2.28. The molecule has 0 saturated carbocycles. The normalized spacial score (nSPS) is 10.6. The summed E-state index contributed by atoms with van der Waals surface area (Å²) < 4.78 is 16.4. The summed E-state index contributed by atoms with van der Waals surface area (Å²) in [4.78, 5) is 24.2. The summed E-state index contributed by atoms with van der Waals surface area (Å²) in [5.41, 5.74) is 1.41. The first-order valence-corrected chi connectivity index (χ1v) is 9.45. The van der Waals surface area contributed by atoms with Crippen molar-refractivity contribution in [2.75, 3.05) is 26.1 Å². The Bertz CT molecular complexity index is 879. The van der Waals surface area contributed by atoms with Crippen molar-refractivity contribution in [1.29, 1.82) is 0 Å². The molecule has 0 radical (unpaired) electrons. The van der Waals surface area contributed by atoms with E-state index in [0.717, 1.165) is 12.0 Å². The Morgan fingerprint density at radius 1 is 1.11 bits per heavy atom. The lowest BCUT2D eigenvalue weighted by molar-refractivity contribution is -0.111. The van der Waals surface area contributed by atoms with Crippen LogP contribution in [0.3, 0.4) is 0 Å². The van der Waals surface area contributed by atoms with Crippen LogP contribution in [-0.4, -0.2) is 32.7 Å². The minimum absolute atomic E-state index is 0.262. The van der Waals surface area contributed by atoms with Gasteiger partial charge >= 0.3 is 5.97 Å². The molecule has 0 unspecified atom stereocenters. The zero-order chi connectivity index (χ0) is 20.5. The molecule has 2 aromatic rings. The van der Waals surface area contributed by atoms with Gasteiger partial charge in [-0.05, 0) is 48.4 Å². The third kappa shape index (κ3) is 5.85. The number of hydrogen-bond acceptors (Lipinski definition) is 5. The molecule has 2 rings (SSSR count). The van der Waals surface area contributed by atoms with Crippen LogP contribution in [0, 0.1) is 0 Å². The van der Waals surface area contributed by atoms with Gasteiger partial charge in [-0.1, -0.05) is 28.9 Å². The van der Waals surface area contributed by atoms with E-state index in [4.69, 9.17) is 14.2 Å². The average Bonchev–Trinajstić information content (AvgIpc) is 2.71. The number of hydrogen-bond donors (Lipinski definition) is 1. The lowest BCUT2D eigenvalue weighted by Crippen LogP contribution is -2.13. The van der Waals surface area contributed by atoms with Crippen molar-refractivity contribution in [2.45, 2.75) is 13.3 Å². The number of methoxy groups -OCH3 is 2. The number of esters is 1. The van der Waals surface area contributed by atoms with E-state index in [0.29, 0.717) is 28.3 Å². The maximum atomic E-state index is 12.3. The Morgan fingerprint density at radius 2 is 1.89 bits per heavy atom. The number of rotatable bonds is 8. The summed E-state index contributed by atoms with van der Waals surface area (Å²) in [6, 6.07) is 10.4. The van der Waals surface area contributed by atoms with Gasteiger partial charge in [0, 0.05) is 10.5 Å². The van der Waals surface area contributed by atoms with Gasteiger partial charge in [-0.2, -0.15) is 0 Å². The second-order valence-electron chi connectivity index (χ2n) is 5.76. The molecule has 0 atom stereocenters. The van der Waals surface area contributed by atoms with Crippen LogP contribution in [0.2, 0.25) is 0 Å². The molecule has 0 fully saturated rings. The second kappa shape index (κ2) is 10.5. The zero-order valence-electron chi connectivity index (χ0n) is 16.0. The van der Waals surface area contributed by atoms with Crippen molar-refractivity contribution in [3.63, 3.8) is 0 Å². The Morgan fingerprint density at radius 3 is 2.57 bits per heavy atom. The Labute approximate surface area is 172 Å². The molecule has 0 spiro atoms. The minimum Gasteiger partial charge on any atom is -0.493 e. The third-order valence-corrected chi connectivity index (χ3v) is 4.21. The van der Waals surface area contributed by atoms with Crippen LogP contribution in [-0.2, 0) is 9.53 Å². The molecule has 0 aliphatic rings. The number of nitrogens with one attached hydrogen (secondary N) is 1. The van der Waals surface area contributed by atoms with E-state index >= 15 is 0 Å². The number of carbonyl (C=O) groups excluding carboxylic acids is 2. The average molecular weight is 448 g/mol. The van der Waals surface area contributed by atoms with Gasteiger partial charge in [-0.15, -0.1) is 0 Å². The van der Waals surface area contributed by atoms with E-state index in [1.165, 1.54) is 13.2 Å². The summed E-state index contributed by atoms with van der Waals surface area (Å²) in [5.74, 6) is 0.339. The quantitative estimate of drug-likeness (QED) is 0.469. The first kappa shape index (κ1) is 21.5. The van der Waals surface area contributed by atoms with Crippen molar-refractivity contribution in [3.05, 3.63) is 58.1 Å². The highest BCUT2D eigenvalue weighted by molar-refractivity contribution is 9.10. The van der Waals surface area contributed by atoms with Crippen molar-refractivity contribution < 1.29 is 23.8 Å². The SMILES string of the molecule is CCCOc1ccc(/C=C/C(=O)Nc2ccc(Br)cc2C(=O)OC)cc1OC. The molecule has 0 bridgehead atoms. The molecular weight excluding hydrogens is 426 g/mol. The summed E-state index contributed by atoms with van der Waals surface area (Å²) in [7, 11) is 2.85. The van der Waals surface area contributed by atoms with Gasteiger partial charge < -0.3 is 19.5 Å². The number of anilines is 1. The molecule has 1 amide bonds. The number of benzene rings is 2. The third-order valence-electron chi connectivity index (χ3n) is 3.72. The predicted molar refractivity (Wildman–Crippen MR) is 112 cm³/mol. The van der Waals surface area contributed by atoms with Gasteiger partial charge in [-0.3, -0.25) is 4.79 Å². The molecule has 0 aromatic heterocycles. The Balaban J connectivity index is 2.13. The standard InChI is InChI=1S/C21H22BrNO5/c1-4-11-28-18-9-5-14(12-19(18)26-2)6-10-20(24)23-17-8-7-15(22)13-16(17)21(25)27-3/h5-10,12-13H,4,11H2,1-3H3,(H,23,24)/b10-6+. The lowest BCUT2D eigenvalue weighted by Gasteiger charge is -2.10. The van der Waals surface area contributed by atoms with Gasteiger partial charge in [0.15, 0.2) is 11.5 Å². The molecule has 2 aromatic carbocycles. The monoisotopic (exact) mass is 447 g/mol. The van der Waals surface area contributed by atoms with E-state index < -0.39 is 5.97 Å². The van der Waals surface area contributed by atoms with Crippen LogP contribution in [0.15, 0.2) is 46.9 Å². The molecule has 0 heterocycles. The van der Waals surface area contributed by atoms with Crippen molar-refractivity contribution in [1.82, 2.24) is 0 Å². The number of amides is 1. The predicted octanol–water partition coefficient (Wildman–Crippen LogP) is 4.69. The topological polar surface area (TPSA) is 73.9 Å². The van der Waals surface area contributed by atoms with Crippen LogP contribution < -0.4 is 14.8 Å². The van der Waals surface area contributed by atoms with E-state index in [1.54, 1.807) is 43.5 Å². The Kier molecular flexibility index (Phi) is 8.07. The smallest absolute Gasteiger partial charge is 0.340 e. The highest BCUT2D eigenvalue weighted by atomic mass is 79.9. The van der Waals surface area contributed by atoms with E-state index in [-0.39, 0.29) is 11.5 Å². The van der Waals surface area contributed by atoms with Gasteiger partial charge in [0.05, 0.1) is 32.1 Å². The molecule has 7 heteroatoms. The van der Waals surface area contributed by atoms with Gasteiger partial charge in [0.1, 0.15) is 0 Å². The molecule has 6 nitrogen and oxygen atoms in total. The minimum atomic E-state index is -0.534. The lowest BCUT2D eigenvalue weighted by atomic mass is 10.1. The molecule has 148 valence electrons. The highest BCUT2D eigenvalue weighted by Gasteiger charge is 2.13. The summed E-state index contributed by atoms with van der Waals surface area (Å²) in [5, 5.41) is 2.69. The van der Waals surface area contributed by atoms with Gasteiger partial charge in [0.2, 0.25) is 5.91 Å². The fraction of sp³-hybridized carbons (Fsp3) is 0.238. The van der Waals surface area contributed by atoms with Crippen LogP contribution in [0.5, 0.6) is 11.5 Å².